The summed E-state index contributed by atoms with van der Waals surface area (Å²) < 4.78 is 10.5. The Balaban J connectivity index is 1.60. The van der Waals surface area contributed by atoms with Crippen LogP contribution in [0.5, 0.6) is 5.75 Å². The summed E-state index contributed by atoms with van der Waals surface area (Å²) in [6.45, 7) is 2.74. The molecule has 25 heavy (non-hydrogen) atoms. The Labute approximate surface area is 144 Å². The van der Waals surface area contributed by atoms with Crippen molar-refractivity contribution in [2.24, 2.45) is 5.92 Å². The monoisotopic (exact) mass is 345 g/mol. The Hall–Kier alpha value is -2.90. The van der Waals surface area contributed by atoms with Gasteiger partial charge in [0.2, 0.25) is 11.7 Å². The minimum absolute atomic E-state index is 0.121. The molecule has 0 spiro atoms. The summed E-state index contributed by atoms with van der Waals surface area (Å²) in [5.41, 5.74) is 0.510. The minimum atomic E-state index is -0.792. The third-order valence-electron chi connectivity index (χ3n) is 4.15. The third-order valence-corrected chi connectivity index (χ3v) is 4.15. The summed E-state index contributed by atoms with van der Waals surface area (Å²) in [4.78, 5) is 29.3. The zero-order chi connectivity index (χ0) is 17.8. The van der Waals surface area contributed by atoms with E-state index in [9.17, 15) is 9.59 Å². The first kappa shape index (κ1) is 16.9. The van der Waals surface area contributed by atoms with Crippen LogP contribution in [0.4, 0.5) is 0 Å². The largest absolute Gasteiger partial charge is 0.485 e. The number of hydrogen-bond donors (Lipinski definition) is 1. The fourth-order valence-corrected chi connectivity index (χ4v) is 2.78. The van der Waals surface area contributed by atoms with Crippen molar-refractivity contribution in [3.8, 4) is 5.75 Å². The second-order valence-electron chi connectivity index (χ2n) is 5.95. The number of carboxylic acid groups (broad SMARTS) is 1. The number of piperidine rings is 1. The van der Waals surface area contributed by atoms with E-state index in [1.165, 1.54) is 0 Å². The lowest BCUT2D eigenvalue weighted by molar-refractivity contribution is -0.143. The summed E-state index contributed by atoms with van der Waals surface area (Å²) >= 11 is 0. The maximum Gasteiger partial charge on any atom is 0.306 e. The van der Waals surface area contributed by atoms with Crippen LogP contribution in [-0.4, -0.2) is 45.1 Å². The minimum Gasteiger partial charge on any atom is -0.485 e. The molecule has 0 aliphatic carbocycles. The molecule has 2 heterocycles. The van der Waals surface area contributed by atoms with E-state index in [-0.39, 0.29) is 18.4 Å². The van der Waals surface area contributed by atoms with Crippen LogP contribution in [0.3, 0.4) is 0 Å². The molecular formula is C17H19N3O5. The lowest BCUT2D eigenvalue weighted by atomic mass is 9.96. The zero-order valence-electron chi connectivity index (χ0n) is 13.8. The van der Waals surface area contributed by atoms with Crippen molar-refractivity contribution in [2.45, 2.75) is 26.4 Å². The number of rotatable bonds is 5. The van der Waals surface area contributed by atoms with Crippen molar-refractivity contribution in [2.75, 3.05) is 13.1 Å². The predicted molar refractivity (Wildman–Crippen MR) is 86.1 cm³/mol. The maximum absolute atomic E-state index is 12.6. The molecule has 0 atom stereocenters. The molecule has 1 N–H and O–H groups in total. The molecule has 1 aromatic carbocycles. The number of carboxylic acids is 1. The van der Waals surface area contributed by atoms with Gasteiger partial charge in [0.05, 0.1) is 5.92 Å². The van der Waals surface area contributed by atoms with E-state index in [1.54, 1.807) is 36.1 Å². The summed E-state index contributed by atoms with van der Waals surface area (Å²) in [7, 11) is 0. The van der Waals surface area contributed by atoms with Gasteiger partial charge in [-0.05, 0) is 31.0 Å². The molecule has 0 unspecified atom stereocenters. The number of hydrogen-bond acceptors (Lipinski definition) is 6. The van der Waals surface area contributed by atoms with Crippen LogP contribution in [0, 0.1) is 12.8 Å². The standard InChI is InChI=1S/C17H19N3O5/c1-11-18-15(19-25-11)10-24-14-4-2-3-13(9-14)16(21)20-7-5-12(6-8-20)17(22)23/h2-4,9,12H,5-8,10H2,1H3,(H,22,23). The van der Waals surface area contributed by atoms with Crippen LogP contribution in [0.25, 0.3) is 0 Å². The number of nitrogens with zero attached hydrogens (tertiary/aromatic N) is 3. The number of aryl methyl sites for hydroxylation is 1. The molecule has 1 amide bonds. The number of ether oxygens (including phenoxy) is 1. The summed E-state index contributed by atoms with van der Waals surface area (Å²) in [6, 6.07) is 6.88. The molecule has 0 bridgehead atoms. The van der Waals surface area contributed by atoms with Crippen molar-refractivity contribution in [3.05, 3.63) is 41.5 Å². The smallest absolute Gasteiger partial charge is 0.306 e. The number of amides is 1. The summed E-state index contributed by atoms with van der Waals surface area (Å²) in [5.74, 6) is 0.159. The predicted octanol–water partition coefficient (Wildman–Crippen LogP) is 1.89. The second-order valence-corrected chi connectivity index (χ2v) is 5.95. The van der Waals surface area contributed by atoms with Gasteiger partial charge in [0.15, 0.2) is 6.61 Å². The van der Waals surface area contributed by atoms with Crippen molar-refractivity contribution in [1.29, 1.82) is 0 Å². The summed E-state index contributed by atoms with van der Waals surface area (Å²) in [6.07, 6.45) is 0.961. The van der Waals surface area contributed by atoms with Crippen LogP contribution in [0.1, 0.15) is 34.9 Å². The molecule has 8 heteroatoms. The third kappa shape index (κ3) is 4.14. The van der Waals surface area contributed by atoms with Gasteiger partial charge < -0.3 is 19.3 Å². The topological polar surface area (TPSA) is 106 Å². The molecule has 0 saturated carbocycles. The fourth-order valence-electron chi connectivity index (χ4n) is 2.78. The second kappa shape index (κ2) is 7.33. The van der Waals surface area contributed by atoms with Crippen molar-refractivity contribution < 1.29 is 24.0 Å². The van der Waals surface area contributed by atoms with E-state index in [1.807, 2.05) is 0 Å². The number of aliphatic carboxylic acids is 1. The Kier molecular flexibility index (Phi) is 4.97. The molecular weight excluding hydrogens is 326 g/mol. The molecule has 1 fully saturated rings. The first-order valence-electron chi connectivity index (χ1n) is 8.07. The Morgan fingerprint density at radius 3 is 2.76 bits per heavy atom. The van der Waals surface area contributed by atoms with Gasteiger partial charge in [-0.1, -0.05) is 11.2 Å². The average molecular weight is 345 g/mol. The first-order chi connectivity index (χ1) is 12.0. The van der Waals surface area contributed by atoms with Gasteiger partial charge in [-0.25, -0.2) is 0 Å². The van der Waals surface area contributed by atoms with Crippen molar-refractivity contribution in [1.82, 2.24) is 15.0 Å². The van der Waals surface area contributed by atoms with Crippen LogP contribution < -0.4 is 4.74 Å². The SMILES string of the molecule is Cc1nc(COc2cccc(C(=O)N3CCC(C(=O)O)CC3)c2)no1. The molecule has 2 aromatic rings. The van der Waals surface area contributed by atoms with E-state index >= 15 is 0 Å². The molecule has 132 valence electrons. The first-order valence-corrected chi connectivity index (χ1v) is 8.07. The molecule has 1 aliphatic heterocycles. The molecule has 3 rings (SSSR count). The van der Waals surface area contributed by atoms with Crippen LogP contribution >= 0.6 is 0 Å². The molecule has 1 saturated heterocycles. The highest BCUT2D eigenvalue weighted by molar-refractivity contribution is 5.94. The molecule has 1 aromatic heterocycles. The molecule has 8 nitrogen and oxygen atoms in total. The zero-order valence-corrected chi connectivity index (χ0v) is 13.8. The highest BCUT2D eigenvalue weighted by Crippen LogP contribution is 2.21. The van der Waals surface area contributed by atoms with E-state index < -0.39 is 5.97 Å². The van der Waals surface area contributed by atoms with Gasteiger partial charge in [-0.15, -0.1) is 0 Å². The van der Waals surface area contributed by atoms with Gasteiger partial charge in [-0.2, -0.15) is 4.98 Å². The van der Waals surface area contributed by atoms with Crippen molar-refractivity contribution in [3.63, 3.8) is 0 Å². The fraction of sp³-hybridized carbons (Fsp3) is 0.412. The highest BCUT2D eigenvalue weighted by Gasteiger charge is 2.27. The van der Waals surface area contributed by atoms with E-state index in [4.69, 9.17) is 14.4 Å². The van der Waals surface area contributed by atoms with E-state index in [2.05, 4.69) is 10.1 Å². The Morgan fingerprint density at radius 1 is 1.36 bits per heavy atom. The molecule has 0 radical (unpaired) electrons. The lowest BCUT2D eigenvalue weighted by Crippen LogP contribution is -2.40. The number of aromatic nitrogens is 2. The maximum atomic E-state index is 12.6. The normalized spacial score (nSPS) is 15.2. The number of carbonyl (C=O) groups excluding carboxylic acids is 1. The average Bonchev–Trinajstić information content (AvgIpc) is 3.05. The van der Waals surface area contributed by atoms with E-state index in [0.29, 0.717) is 49.0 Å². The van der Waals surface area contributed by atoms with E-state index in [0.717, 1.165) is 0 Å². The lowest BCUT2D eigenvalue weighted by Gasteiger charge is -2.30. The highest BCUT2D eigenvalue weighted by atomic mass is 16.5. The number of likely N-dealkylation sites (tertiary alicyclic amines) is 1. The quantitative estimate of drug-likeness (QED) is 0.882. The van der Waals surface area contributed by atoms with Crippen molar-refractivity contribution >= 4 is 11.9 Å². The Morgan fingerprint density at radius 2 is 2.12 bits per heavy atom. The van der Waals surface area contributed by atoms with Gasteiger partial charge in [0, 0.05) is 25.6 Å². The Bertz CT molecular complexity index is 765. The summed E-state index contributed by atoms with van der Waals surface area (Å²) in [5, 5.41) is 12.8. The number of carbonyl (C=O) groups is 2. The van der Waals surface area contributed by atoms with Gasteiger partial charge in [0.1, 0.15) is 5.75 Å². The van der Waals surface area contributed by atoms with Gasteiger partial charge >= 0.3 is 5.97 Å². The number of benzene rings is 1. The van der Waals surface area contributed by atoms with Crippen LogP contribution in [0.2, 0.25) is 0 Å². The van der Waals surface area contributed by atoms with Crippen LogP contribution in [-0.2, 0) is 11.4 Å². The van der Waals surface area contributed by atoms with Gasteiger partial charge in [0.25, 0.3) is 5.91 Å². The molecule has 1 aliphatic rings. The van der Waals surface area contributed by atoms with Crippen LogP contribution in [0.15, 0.2) is 28.8 Å². The van der Waals surface area contributed by atoms with Gasteiger partial charge in [-0.3, -0.25) is 9.59 Å².